The van der Waals surface area contributed by atoms with Gasteiger partial charge in [-0.3, -0.25) is 4.79 Å². The Morgan fingerprint density at radius 3 is 2.12 bits per heavy atom. The first kappa shape index (κ1) is 22.6. The van der Waals surface area contributed by atoms with Crippen LogP contribution in [0.1, 0.15) is 20.7 Å². The molecule has 0 saturated carbocycles. The lowest BCUT2D eigenvalue weighted by Crippen LogP contribution is -2.15. The van der Waals surface area contributed by atoms with E-state index in [9.17, 15) is 9.59 Å². The van der Waals surface area contributed by atoms with Gasteiger partial charge < -0.3 is 4.74 Å². The van der Waals surface area contributed by atoms with Crippen LogP contribution >= 0.6 is 46.4 Å². The molecule has 0 radical (unpaired) electrons. The van der Waals surface area contributed by atoms with E-state index in [-0.39, 0.29) is 16.1 Å². The van der Waals surface area contributed by atoms with Gasteiger partial charge in [0.2, 0.25) is 5.78 Å². The highest BCUT2D eigenvalue weighted by Gasteiger charge is 2.19. The van der Waals surface area contributed by atoms with Gasteiger partial charge in [0, 0.05) is 31.6 Å². The van der Waals surface area contributed by atoms with Gasteiger partial charge in [0.05, 0.1) is 21.8 Å². The van der Waals surface area contributed by atoms with Gasteiger partial charge >= 0.3 is 5.97 Å². The number of fused-ring (bicyclic) bond motifs is 1. The molecular formula is C24H13Cl4NO3. The summed E-state index contributed by atoms with van der Waals surface area (Å²) in [6.07, 6.45) is 0. The zero-order valence-electron chi connectivity index (χ0n) is 16.2. The number of pyridine rings is 1. The molecule has 0 saturated heterocycles. The highest BCUT2D eigenvalue weighted by atomic mass is 35.5. The summed E-state index contributed by atoms with van der Waals surface area (Å²) in [4.78, 5) is 30.1. The lowest BCUT2D eigenvalue weighted by molar-refractivity contribution is 0.0476. The number of hydrogen-bond donors (Lipinski definition) is 0. The SMILES string of the molecule is O=C(COC(=O)c1cc(-c2ccc(Cl)cc2)nc2ccc(Cl)cc12)c1ccc(Cl)cc1Cl. The molecule has 0 aliphatic rings. The summed E-state index contributed by atoms with van der Waals surface area (Å²) in [5.74, 6) is -1.14. The molecule has 4 aromatic rings. The van der Waals surface area contributed by atoms with Gasteiger partial charge in [0.15, 0.2) is 6.61 Å². The molecule has 0 amide bonds. The quantitative estimate of drug-likeness (QED) is 0.208. The Kier molecular flexibility index (Phi) is 6.68. The predicted molar refractivity (Wildman–Crippen MR) is 128 cm³/mol. The number of benzene rings is 3. The summed E-state index contributed by atoms with van der Waals surface area (Å²) in [5, 5.41) is 2.12. The third-order valence-corrected chi connectivity index (χ3v) is 5.73. The van der Waals surface area contributed by atoms with E-state index in [0.29, 0.717) is 31.7 Å². The number of esters is 1. The van der Waals surface area contributed by atoms with Crippen LogP contribution in [0, 0.1) is 0 Å². The summed E-state index contributed by atoms with van der Waals surface area (Å²) < 4.78 is 5.32. The molecule has 0 atom stereocenters. The Bertz CT molecular complexity index is 1350. The fraction of sp³-hybridized carbons (Fsp3) is 0.0417. The molecule has 0 bridgehead atoms. The van der Waals surface area contributed by atoms with Crippen LogP contribution in [0.4, 0.5) is 0 Å². The van der Waals surface area contributed by atoms with Crippen LogP contribution in [0.25, 0.3) is 22.2 Å². The average molecular weight is 505 g/mol. The third-order valence-electron chi connectivity index (χ3n) is 4.70. The Balaban J connectivity index is 1.67. The zero-order valence-corrected chi connectivity index (χ0v) is 19.3. The predicted octanol–water partition coefficient (Wildman–Crippen LogP) is 7.56. The van der Waals surface area contributed by atoms with E-state index < -0.39 is 18.4 Å². The van der Waals surface area contributed by atoms with Crippen molar-refractivity contribution in [1.82, 2.24) is 4.98 Å². The van der Waals surface area contributed by atoms with Gasteiger partial charge in [-0.2, -0.15) is 0 Å². The minimum absolute atomic E-state index is 0.185. The molecule has 0 aliphatic carbocycles. The molecule has 160 valence electrons. The van der Waals surface area contributed by atoms with E-state index in [0.717, 1.165) is 5.56 Å². The van der Waals surface area contributed by atoms with Gasteiger partial charge in [-0.05, 0) is 54.6 Å². The first-order chi connectivity index (χ1) is 15.3. The van der Waals surface area contributed by atoms with Gasteiger partial charge in [0.25, 0.3) is 0 Å². The highest BCUT2D eigenvalue weighted by Crippen LogP contribution is 2.28. The fourth-order valence-corrected chi connectivity index (χ4v) is 3.95. The molecule has 0 spiro atoms. The number of halogens is 4. The van der Waals surface area contributed by atoms with E-state index >= 15 is 0 Å². The fourth-order valence-electron chi connectivity index (χ4n) is 3.14. The maximum absolute atomic E-state index is 13.0. The first-order valence-electron chi connectivity index (χ1n) is 9.33. The highest BCUT2D eigenvalue weighted by molar-refractivity contribution is 6.37. The van der Waals surface area contributed by atoms with Crippen molar-refractivity contribution in [3.63, 3.8) is 0 Å². The number of carbonyl (C=O) groups excluding carboxylic acids is 2. The zero-order chi connectivity index (χ0) is 22.8. The molecule has 0 N–H and O–H groups in total. The number of ketones is 1. The molecule has 4 rings (SSSR count). The van der Waals surface area contributed by atoms with Crippen molar-refractivity contribution < 1.29 is 14.3 Å². The van der Waals surface area contributed by atoms with Crippen molar-refractivity contribution >= 4 is 69.1 Å². The number of aromatic nitrogens is 1. The number of Topliss-reactive ketones (excluding diaryl/α,β-unsaturated/α-hetero) is 1. The number of ether oxygens (including phenoxy) is 1. The monoisotopic (exact) mass is 503 g/mol. The Labute approximate surface area is 203 Å². The Hall–Kier alpha value is -2.63. The lowest BCUT2D eigenvalue weighted by Gasteiger charge is -2.11. The summed E-state index contributed by atoms with van der Waals surface area (Å²) in [5.41, 5.74) is 2.33. The molecule has 1 heterocycles. The second kappa shape index (κ2) is 9.47. The van der Waals surface area contributed by atoms with Crippen molar-refractivity contribution in [2.24, 2.45) is 0 Å². The third kappa shape index (κ3) is 4.89. The topological polar surface area (TPSA) is 56.3 Å². The van der Waals surface area contributed by atoms with E-state index in [1.165, 1.54) is 12.1 Å². The van der Waals surface area contributed by atoms with E-state index in [4.69, 9.17) is 51.1 Å². The van der Waals surface area contributed by atoms with Crippen molar-refractivity contribution in [2.45, 2.75) is 0 Å². The van der Waals surface area contributed by atoms with Crippen LogP contribution < -0.4 is 0 Å². The largest absolute Gasteiger partial charge is 0.454 e. The average Bonchev–Trinajstić information content (AvgIpc) is 2.77. The minimum atomic E-state index is -0.687. The molecule has 0 unspecified atom stereocenters. The molecule has 32 heavy (non-hydrogen) atoms. The summed E-state index contributed by atoms with van der Waals surface area (Å²) in [7, 11) is 0. The van der Waals surface area contributed by atoms with Gasteiger partial charge in [0.1, 0.15) is 0 Å². The maximum atomic E-state index is 13.0. The van der Waals surface area contributed by atoms with E-state index in [1.54, 1.807) is 54.6 Å². The first-order valence-corrected chi connectivity index (χ1v) is 10.8. The maximum Gasteiger partial charge on any atom is 0.339 e. The number of carbonyl (C=O) groups is 2. The van der Waals surface area contributed by atoms with Crippen LogP contribution in [-0.2, 0) is 4.74 Å². The molecule has 8 heteroatoms. The summed E-state index contributed by atoms with van der Waals surface area (Å²) in [6, 6.07) is 18.2. The van der Waals surface area contributed by atoms with Crippen LogP contribution in [0.15, 0.2) is 66.7 Å². The van der Waals surface area contributed by atoms with Crippen molar-refractivity contribution in [3.05, 3.63) is 97.9 Å². The second-order valence-electron chi connectivity index (χ2n) is 6.85. The number of rotatable bonds is 5. The molecule has 1 aromatic heterocycles. The van der Waals surface area contributed by atoms with Crippen LogP contribution in [0.3, 0.4) is 0 Å². The Morgan fingerprint density at radius 2 is 1.41 bits per heavy atom. The molecule has 4 nitrogen and oxygen atoms in total. The van der Waals surface area contributed by atoms with E-state index in [2.05, 4.69) is 4.98 Å². The standard InChI is InChI=1S/C24H13Cl4NO3/c25-14-3-1-13(2-4-14)22-11-19(18-9-15(26)6-8-21(18)29-22)24(31)32-12-23(30)17-7-5-16(27)10-20(17)28/h1-11H,12H2. The van der Waals surface area contributed by atoms with Crippen molar-refractivity contribution in [2.75, 3.05) is 6.61 Å². The Morgan fingerprint density at radius 1 is 0.750 bits per heavy atom. The van der Waals surface area contributed by atoms with Crippen LogP contribution in [0.2, 0.25) is 20.1 Å². The summed E-state index contributed by atoms with van der Waals surface area (Å²) in [6.45, 7) is -0.485. The lowest BCUT2D eigenvalue weighted by atomic mass is 10.0. The van der Waals surface area contributed by atoms with Crippen molar-refractivity contribution in [3.8, 4) is 11.3 Å². The number of nitrogens with zero attached hydrogens (tertiary/aromatic N) is 1. The molecule has 0 aliphatic heterocycles. The minimum Gasteiger partial charge on any atom is -0.454 e. The van der Waals surface area contributed by atoms with Crippen molar-refractivity contribution in [1.29, 1.82) is 0 Å². The molecule has 3 aromatic carbocycles. The second-order valence-corrected chi connectivity index (χ2v) is 8.56. The normalized spacial score (nSPS) is 10.9. The van der Waals surface area contributed by atoms with Gasteiger partial charge in [-0.25, -0.2) is 9.78 Å². The number of hydrogen-bond acceptors (Lipinski definition) is 4. The molecular weight excluding hydrogens is 492 g/mol. The van der Waals surface area contributed by atoms with E-state index in [1.807, 2.05) is 0 Å². The van der Waals surface area contributed by atoms with Gasteiger partial charge in [-0.15, -0.1) is 0 Å². The van der Waals surface area contributed by atoms with Gasteiger partial charge in [-0.1, -0.05) is 58.5 Å². The smallest absolute Gasteiger partial charge is 0.339 e. The molecule has 0 fully saturated rings. The van der Waals surface area contributed by atoms with Crippen LogP contribution in [0.5, 0.6) is 0 Å². The summed E-state index contributed by atoms with van der Waals surface area (Å²) >= 11 is 24.0. The van der Waals surface area contributed by atoms with Crippen LogP contribution in [-0.4, -0.2) is 23.3 Å².